The number of hydrogen-bond acceptors (Lipinski definition) is 4. The van der Waals surface area contributed by atoms with Crippen molar-refractivity contribution in [2.24, 2.45) is 5.10 Å². The molecule has 2 aromatic carbocycles. The van der Waals surface area contributed by atoms with Crippen molar-refractivity contribution >= 4 is 44.6 Å². The van der Waals surface area contributed by atoms with Crippen LogP contribution in [0.2, 0.25) is 5.02 Å². The van der Waals surface area contributed by atoms with Crippen molar-refractivity contribution in [2.75, 3.05) is 5.43 Å². The standard InChI is InChI=1S/C15H12ClN3S/c1-10(18-19-12-6-4-5-11(16)9-12)15-17-13-7-2-3-8-14(13)20-15/h2-9,19H,1H3/b18-10-. The van der Waals surface area contributed by atoms with Gasteiger partial charge in [0.1, 0.15) is 5.01 Å². The van der Waals surface area contributed by atoms with Crippen LogP contribution in [0.15, 0.2) is 53.6 Å². The van der Waals surface area contributed by atoms with Crippen LogP contribution in [0, 0.1) is 0 Å². The molecule has 0 unspecified atom stereocenters. The number of hydrogen-bond donors (Lipinski definition) is 1. The van der Waals surface area contributed by atoms with Gasteiger partial charge >= 0.3 is 0 Å². The van der Waals surface area contributed by atoms with E-state index < -0.39 is 0 Å². The van der Waals surface area contributed by atoms with E-state index in [0.29, 0.717) is 5.02 Å². The second-order valence-corrected chi connectivity index (χ2v) is 5.77. The van der Waals surface area contributed by atoms with Crippen LogP contribution in [-0.4, -0.2) is 10.7 Å². The number of anilines is 1. The van der Waals surface area contributed by atoms with Gasteiger partial charge in [-0.3, -0.25) is 5.43 Å². The fourth-order valence-corrected chi connectivity index (χ4v) is 2.88. The van der Waals surface area contributed by atoms with E-state index in [1.54, 1.807) is 11.3 Å². The van der Waals surface area contributed by atoms with Crippen molar-refractivity contribution in [1.29, 1.82) is 0 Å². The van der Waals surface area contributed by atoms with Gasteiger partial charge in [-0.15, -0.1) is 11.3 Å². The Hall–Kier alpha value is -1.91. The van der Waals surface area contributed by atoms with E-state index in [0.717, 1.165) is 21.9 Å². The molecule has 0 atom stereocenters. The number of nitrogens with zero attached hydrogens (tertiary/aromatic N) is 2. The third kappa shape index (κ3) is 2.81. The number of benzene rings is 2. The summed E-state index contributed by atoms with van der Waals surface area (Å²) >= 11 is 7.57. The number of aromatic nitrogens is 1. The molecule has 0 saturated carbocycles. The number of nitrogens with one attached hydrogen (secondary N) is 1. The van der Waals surface area contributed by atoms with Gasteiger partial charge in [-0.05, 0) is 37.3 Å². The van der Waals surface area contributed by atoms with Crippen molar-refractivity contribution in [3.8, 4) is 0 Å². The smallest absolute Gasteiger partial charge is 0.140 e. The molecule has 0 radical (unpaired) electrons. The van der Waals surface area contributed by atoms with Crippen LogP contribution in [0.3, 0.4) is 0 Å². The van der Waals surface area contributed by atoms with Crippen molar-refractivity contribution in [3.05, 3.63) is 58.6 Å². The van der Waals surface area contributed by atoms with Crippen LogP contribution in [0.1, 0.15) is 11.9 Å². The van der Waals surface area contributed by atoms with E-state index in [4.69, 9.17) is 11.6 Å². The van der Waals surface area contributed by atoms with E-state index in [9.17, 15) is 0 Å². The van der Waals surface area contributed by atoms with E-state index in [2.05, 4.69) is 21.6 Å². The highest BCUT2D eigenvalue weighted by Crippen LogP contribution is 2.22. The molecule has 3 aromatic rings. The van der Waals surface area contributed by atoms with Crippen molar-refractivity contribution in [3.63, 3.8) is 0 Å². The molecule has 0 aliphatic heterocycles. The molecule has 1 N–H and O–H groups in total. The lowest BCUT2D eigenvalue weighted by molar-refractivity contribution is 1.31. The first-order valence-electron chi connectivity index (χ1n) is 6.14. The number of para-hydroxylation sites is 1. The lowest BCUT2D eigenvalue weighted by Gasteiger charge is -2.01. The van der Waals surface area contributed by atoms with Gasteiger partial charge in [-0.25, -0.2) is 4.98 Å². The third-order valence-corrected chi connectivity index (χ3v) is 4.16. The zero-order valence-electron chi connectivity index (χ0n) is 10.8. The molecule has 0 aliphatic carbocycles. The van der Waals surface area contributed by atoms with Gasteiger partial charge < -0.3 is 0 Å². The van der Waals surface area contributed by atoms with Gasteiger partial charge in [0.05, 0.1) is 21.6 Å². The molecule has 3 nitrogen and oxygen atoms in total. The fraction of sp³-hybridized carbons (Fsp3) is 0.0667. The summed E-state index contributed by atoms with van der Waals surface area (Å²) in [5, 5.41) is 5.96. The van der Waals surface area contributed by atoms with Crippen LogP contribution in [0.4, 0.5) is 5.69 Å². The Kier molecular flexibility index (Phi) is 3.67. The first-order valence-corrected chi connectivity index (χ1v) is 7.33. The van der Waals surface area contributed by atoms with E-state index >= 15 is 0 Å². The molecule has 0 amide bonds. The molecule has 3 rings (SSSR count). The molecule has 1 aromatic heterocycles. The zero-order valence-corrected chi connectivity index (χ0v) is 12.4. The molecular formula is C15H12ClN3S. The highest BCUT2D eigenvalue weighted by atomic mass is 35.5. The number of rotatable bonds is 3. The summed E-state index contributed by atoms with van der Waals surface area (Å²) in [7, 11) is 0. The van der Waals surface area contributed by atoms with Gasteiger partial charge in [-0.2, -0.15) is 5.10 Å². The highest BCUT2D eigenvalue weighted by Gasteiger charge is 2.05. The molecule has 0 saturated heterocycles. The average Bonchev–Trinajstić information content (AvgIpc) is 2.89. The summed E-state index contributed by atoms with van der Waals surface area (Å²) < 4.78 is 1.17. The molecule has 1 heterocycles. The van der Waals surface area contributed by atoms with Gasteiger partial charge in [0.15, 0.2) is 0 Å². The summed E-state index contributed by atoms with van der Waals surface area (Å²) in [5.41, 5.74) is 5.71. The number of thiazole rings is 1. The molecular weight excluding hydrogens is 290 g/mol. The highest BCUT2D eigenvalue weighted by molar-refractivity contribution is 7.20. The number of hydrazone groups is 1. The maximum atomic E-state index is 5.93. The van der Waals surface area contributed by atoms with Crippen LogP contribution >= 0.6 is 22.9 Å². The largest absolute Gasteiger partial charge is 0.278 e. The predicted molar refractivity (Wildman–Crippen MR) is 86.9 cm³/mol. The maximum Gasteiger partial charge on any atom is 0.140 e. The Morgan fingerprint density at radius 2 is 2.05 bits per heavy atom. The fourth-order valence-electron chi connectivity index (χ4n) is 1.78. The van der Waals surface area contributed by atoms with Gasteiger partial charge in [0.2, 0.25) is 0 Å². The second-order valence-electron chi connectivity index (χ2n) is 4.31. The lowest BCUT2D eigenvalue weighted by Crippen LogP contribution is -1.98. The summed E-state index contributed by atoms with van der Waals surface area (Å²) in [6.45, 7) is 1.94. The quantitative estimate of drug-likeness (QED) is 0.558. The van der Waals surface area contributed by atoms with Crippen molar-refractivity contribution in [2.45, 2.75) is 6.92 Å². The molecule has 0 fully saturated rings. The first-order chi connectivity index (χ1) is 9.72. The molecule has 0 aliphatic rings. The molecule has 20 heavy (non-hydrogen) atoms. The van der Waals surface area contributed by atoms with Crippen LogP contribution in [0.25, 0.3) is 10.2 Å². The molecule has 0 bridgehead atoms. The topological polar surface area (TPSA) is 37.3 Å². The minimum atomic E-state index is 0.683. The average molecular weight is 302 g/mol. The van der Waals surface area contributed by atoms with E-state index in [1.807, 2.05) is 49.4 Å². The minimum absolute atomic E-state index is 0.683. The first kappa shape index (κ1) is 13.1. The Balaban J connectivity index is 1.84. The second kappa shape index (κ2) is 5.61. The zero-order chi connectivity index (χ0) is 13.9. The summed E-state index contributed by atoms with van der Waals surface area (Å²) in [4.78, 5) is 4.56. The Morgan fingerprint density at radius 1 is 1.20 bits per heavy atom. The Morgan fingerprint density at radius 3 is 2.85 bits per heavy atom. The lowest BCUT2D eigenvalue weighted by atomic mass is 10.3. The number of fused-ring (bicyclic) bond motifs is 1. The summed E-state index contributed by atoms with van der Waals surface area (Å²) in [6.07, 6.45) is 0. The maximum absolute atomic E-state index is 5.93. The van der Waals surface area contributed by atoms with Crippen LogP contribution in [-0.2, 0) is 0 Å². The molecule has 100 valence electrons. The summed E-state index contributed by atoms with van der Waals surface area (Å²) in [6, 6.07) is 15.5. The molecule has 5 heteroatoms. The van der Waals surface area contributed by atoms with Crippen LogP contribution in [0.5, 0.6) is 0 Å². The third-order valence-electron chi connectivity index (χ3n) is 2.78. The Labute approximate surface area is 125 Å². The number of halogens is 1. The van der Waals surface area contributed by atoms with Crippen molar-refractivity contribution < 1.29 is 0 Å². The van der Waals surface area contributed by atoms with Gasteiger partial charge in [0.25, 0.3) is 0 Å². The predicted octanol–water partition coefficient (Wildman–Crippen LogP) is 4.79. The van der Waals surface area contributed by atoms with Gasteiger partial charge in [0, 0.05) is 5.02 Å². The van der Waals surface area contributed by atoms with E-state index in [1.165, 1.54) is 4.70 Å². The normalized spacial score (nSPS) is 11.8. The van der Waals surface area contributed by atoms with E-state index in [-0.39, 0.29) is 0 Å². The minimum Gasteiger partial charge on any atom is -0.278 e. The Bertz CT molecular complexity index is 746. The molecule has 0 spiro atoms. The van der Waals surface area contributed by atoms with Gasteiger partial charge in [-0.1, -0.05) is 29.8 Å². The summed E-state index contributed by atoms with van der Waals surface area (Å²) in [5.74, 6) is 0. The van der Waals surface area contributed by atoms with Crippen molar-refractivity contribution in [1.82, 2.24) is 4.98 Å². The SMILES string of the molecule is C/C(=N/Nc1cccc(Cl)c1)c1nc2ccccc2s1. The monoisotopic (exact) mass is 301 g/mol. The van der Waals surface area contributed by atoms with Crippen LogP contribution < -0.4 is 5.43 Å².